The van der Waals surface area contributed by atoms with E-state index in [9.17, 15) is 9.59 Å². The predicted molar refractivity (Wildman–Crippen MR) is 66.9 cm³/mol. The molecule has 0 radical (unpaired) electrons. The van der Waals surface area contributed by atoms with Crippen LogP contribution in [0, 0.1) is 11.8 Å². The Bertz CT molecular complexity index is 305. The average molecular weight is 257 g/mol. The lowest BCUT2D eigenvalue weighted by Gasteiger charge is -2.17. The van der Waals surface area contributed by atoms with Gasteiger partial charge in [-0.05, 0) is 26.7 Å². The number of amides is 1. The molecule has 1 amide bonds. The molecule has 0 aromatic carbocycles. The summed E-state index contributed by atoms with van der Waals surface area (Å²) >= 11 is 0. The monoisotopic (exact) mass is 257 g/mol. The Balaban J connectivity index is 2.35. The van der Waals surface area contributed by atoms with Gasteiger partial charge in [0.2, 0.25) is 5.91 Å². The van der Waals surface area contributed by atoms with Gasteiger partial charge in [0, 0.05) is 6.54 Å². The van der Waals surface area contributed by atoms with Crippen molar-refractivity contribution >= 4 is 11.9 Å². The van der Waals surface area contributed by atoms with Gasteiger partial charge in [-0.2, -0.15) is 0 Å². The smallest absolute Gasteiger partial charge is 0.307 e. The van der Waals surface area contributed by atoms with Crippen LogP contribution in [0.1, 0.15) is 34.1 Å². The molecule has 1 heterocycles. The lowest BCUT2D eigenvalue weighted by Crippen LogP contribution is -2.38. The Morgan fingerprint density at radius 2 is 1.89 bits per heavy atom. The minimum Gasteiger partial charge on any atom is -0.466 e. The maximum Gasteiger partial charge on any atom is 0.307 e. The molecule has 1 N–H and O–H groups in total. The van der Waals surface area contributed by atoms with Crippen LogP contribution in [0.5, 0.6) is 0 Å². The maximum absolute atomic E-state index is 12.0. The molecule has 0 aromatic rings. The minimum atomic E-state index is -0.282. The first kappa shape index (κ1) is 15.0. The highest BCUT2D eigenvalue weighted by atomic mass is 16.5. The fourth-order valence-corrected chi connectivity index (χ4v) is 2.36. The molecule has 18 heavy (non-hydrogen) atoms. The predicted octanol–water partition coefficient (Wildman–Crippen LogP) is 1.12. The van der Waals surface area contributed by atoms with Gasteiger partial charge in [0.25, 0.3) is 0 Å². The summed E-state index contributed by atoms with van der Waals surface area (Å²) in [4.78, 5) is 23.1. The van der Waals surface area contributed by atoms with Crippen molar-refractivity contribution in [2.75, 3.05) is 13.2 Å². The molecule has 1 fully saturated rings. The highest BCUT2D eigenvalue weighted by molar-refractivity contribution is 5.80. The van der Waals surface area contributed by atoms with E-state index in [1.54, 1.807) is 6.92 Å². The molecule has 1 aliphatic heterocycles. The molecule has 4 unspecified atom stereocenters. The average Bonchev–Trinajstić information content (AvgIpc) is 2.53. The normalized spacial score (nSPS) is 31.1. The Labute approximate surface area is 108 Å². The molecule has 0 spiro atoms. The molecule has 5 heteroatoms. The van der Waals surface area contributed by atoms with Gasteiger partial charge in [0.05, 0.1) is 31.2 Å². The Kier molecular flexibility index (Phi) is 5.59. The SMILES string of the molecule is CCOC(=O)CCNC(=O)C1C(C)OC(C)C1C. The number of esters is 1. The van der Waals surface area contributed by atoms with Crippen molar-refractivity contribution < 1.29 is 19.1 Å². The van der Waals surface area contributed by atoms with Crippen LogP contribution in [-0.2, 0) is 19.1 Å². The molecular weight excluding hydrogens is 234 g/mol. The van der Waals surface area contributed by atoms with Gasteiger partial charge in [-0.15, -0.1) is 0 Å². The molecule has 0 aromatic heterocycles. The number of carbonyl (C=O) groups excluding carboxylic acids is 2. The van der Waals surface area contributed by atoms with Crippen molar-refractivity contribution in [3.05, 3.63) is 0 Å². The lowest BCUT2D eigenvalue weighted by atomic mass is 9.89. The third-order valence-electron chi connectivity index (χ3n) is 3.48. The maximum atomic E-state index is 12.0. The van der Waals surface area contributed by atoms with Gasteiger partial charge in [-0.1, -0.05) is 6.92 Å². The van der Waals surface area contributed by atoms with E-state index in [1.807, 2.05) is 20.8 Å². The molecule has 1 aliphatic rings. The zero-order valence-corrected chi connectivity index (χ0v) is 11.6. The number of rotatable bonds is 5. The molecule has 4 atom stereocenters. The summed E-state index contributed by atoms with van der Waals surface area (Å²) in [6.45, 7) is 8.36. The van der Waals surface area contributed by atoms with Crippen LogP contribution < -0.4 is 5.32 Å². The zero-order chi connectivity index (χ0) is 13.7. The molecule has 0 aliphatic carbocycles. The molecule has 0 saturated carbocycles. The van der Waals surface area contributed by atoms with Crippen molar-refractivity contribution in [3.63, 3.8) is 0 Å². The van der Waals surface area contributed by atoms with Gasteiger partial charge in [-0.3, -0.25) is 9.59 Å². The van der Waals surface area contributed by atoms with E-state index >= 15 is 0 Å². The van der Waals surface area contributed by atoms with Gasteiger partial charge in [0.1, 0.15) is 0 Å². The number of hydrogen-bond acceptors (Lipinski definition) is 4. The number of ether oxygens (including phenoxy) is 2. The summed E-state index contributed by atoms with van der Waals surface area (Å²) < 4.78 is 10.4. The van der Waals surface area contributed by atoms with Crippen molar-refractivity contribution in [3.8, 4) is 0 Å². The van der Waals surface area contributed by atoms with Crippen LogP contribution in [0.3, 0.4) is 0 Å². The van der Waals surface area contributed by atoms with Crippen LogP contribution in [0.2, 0.25) is 0 Å². The largest absolute Gasteiger partial charge is 0.466 e. The summed E-state index contributed by atoms with van der Waals surface area (Å²) in [7, 11) is 0. The van der Waals surface area contributed by atoms with E-state index in [0.29, 0.717) is 13.2 Å². The van der Waals surface area contributed by atoms with Gasteiger partial charge in [-0.25, -0.2) is 0 Å². The highest BCUT2D eigenvalue weighted by Gasteiger charge is 2.41. The summed E-state index contributed by atoms with van der Waals surface area (Å²) in [6.07, 6.45) is 0.240. The highest BCUT2D eigenvalue weighted by Crippen LogP contribution is 2.32. The van der Waals surface area contributed by atoms with Crippen LogP contribution in [0.15, 0.2) is 0 Å². The van der Waals surface area contributed by atoms with E-state index in [-0.39, 0.29) is 42.3 Å². The van der Waals surface area contributed by atoms with Crippen LogP contribution in [0.25, 0.3) is 0 Å². The molecule has 1 rings (SSSR count). The number of nitrogens with one attached hydrogen (secondary N) is 1. The number of carbonyl (C=O) groups is 2. The first-order valence-corrected chi connectivity index (χ1v) is 6.56. The summed E-state index contributed by atoms with van der Waals surface area (Å²) in [5.41, 5.74) is 0. The first-order chi connectivity index (χ1) is 8.47. The standard InChI is InChI=1S/C13H23NO4/c1-5-17-11(15)6-7-14-13(16)12-8(2)9(3)18-10(12)4/h8-10,12H,5-7H2,1-4H3,(H,14,16). The van der Waals surface area contributed by atoms with Crippen molar-refractivity contribution in [1.29, 1.82) is 0 Å². The quantitative estimate of drug-likeness (QED) is 0.749. The minimum absolute atomic E-state index is 0.0383. The topological polar surface area (TPSA) is 64.6 Å². The summed E-state index contributed by atoms with van der Waals surface area (Å²) in [6, 6.07) is 0. The summed E-state index contributed by atoms with van der Waals surface area (Å²) in [5.74, 6) is -0.261. The Hall–Kier alpha value is -1.10. The molecule has 0 bridgehead atoms. The van der Waals surface area contributed by atoms with E-state index < -0.39 is 0 Å². The second-order valence-electron chi connectivity index (χ2n) is 4.78. The molecular formula is C13H23NO4. The summed E-state index contributed by atoms with van der Waals surface area (Å²) in [5, 5.41) is 2.78. The van der Waals surface area contributed by atoms with Crippen LogP contribution >= 0.6 is 0 Å². The second-order valence-corrected chi connectivity index (χ2v) is 4.78. The van der Waals surface area contributed by atoms with E-state index in [1.165, 1.54) is 0 Å². The third kappa shape index (κ3) is 3.70. The molecule has 1 saturated heterocycles. The Morgan fingerprint density at radius 1 is 1.22 bits per heavy atom. The van der Waals surface area contributed by atoms with E-state index in [2.05, 4.69) is 5.32 Å². The lowest BCUT2D eigenvalue weighted by molar-refractivity contribution is -0.143. The fourth-order valence-electron chi connectivity index (χ4n) is 2.36. The van der Waals surface area contributed by atoms with Crippen LogP contribution in [-0.4, -0.2) is 37.2 Å². The Morgan fingerprint density at radius 3 is 2.39 bits per heavy atom. The van der Waals surface area contributed by atoms with Gasteiger partial charge in [0.15, 0.2) is 0 Å². The van der Waals surface area contributed by atoms with Crippen LogP contribution in [0.4, 0.5) is 0 Å². The number of hydrogen-bond donors (Lipinski definition) is 1. The fraction of sp³-hybridized carbons (Fsp3) is 0.846. The van der Waals surface area contributed by atoms with Crippen molar-refractivity contribution in [1.82, 2.24) is 5.32 Å². The van der Waals surface area contributed by atoms with Gasteiger partial charge >= 0.3 is 5.97 Å². The third-order valence-corrected chi connectivity index (χ3v) is 3.48. The van der Waals surface area contributed by atoms with Crippen molar-refractivity contribution in [2.24, 2.45) is 11.8 Å². The van der Waals surface area contributed by atoms with E-state index in [0.717, 1.165) is 0 Å². The van der Waals surface area contributed by atoms with E-state index in [4.69, 9.17) is 9.47 Å². The first-order valence-electron chi connectivity index (χ1n) is 6.56. The molecule has 104 valence electrons. The van der Waals surface area contributed by atoms with Crippen molar-refractivity contribution in [2.45, 2.75) is 46.3 Å². The zero-order valence-electron chi connectivity index (χ0n) is 11.6. The van der Waals surface area contributed by atoms with Gasteiger partial charge < -0.3 is 14.8 Å². The second kappa shape index (κ2) is 6.73. The molecule has 5 nitrogen and oxygen atoms in total.